The second kappa shape index (κ2) is 19.3. The molecule has 0 saturated carbocycles. The van der Waals surface area contributed by atoms with Crippen molar-refractivity contribution in [3.8, 4) is 16.9 Å². The van der Waals surface area contributed by atoms with E-state index in [4.69, 9.17) is 19.4 Å². The monoisotopic (exact) mass is 698 g/mol. The number of carbonyl (C=O) groups excluding carboxylic acids is 2. The number of hydrogen-bond donors (Lipinski definition) is 4. The van der Waals surface area contributed by atoms with Gasteiger partial charge in [0.05, 0.1) is 25.9 Å². The van der Waals surface area contributed by atoms with Gasteiger partial charge in [0.15, 0.2) is 6.29 Å². The van der Waals surface area contributed by atoms with Gasteiger partial charge >= 0.3 is 0 Å². The minimum Gasteiger partial charge on any atom is -0.496 e. The zero-order chi connectivity index (χ0) is 35.1. The van der Waals surface area contributed by atoms with Crippen LogP contribution in [-0.4, -0.2) is 41.1 Å². The summed E-state index contributed by atoms with van der Waals surface area (Å²) in [4.78, 5) is 24.7. The lowest BCUT2D eigenvalue weighted by Crippen LogP contribution is -2.31. The van der Waals surface area contributed by atoms with Gasteiger partial charge in [0.25, 0.3) is 0 Å². The van der Waals surface area contributed by atoms with E-state index in [1.165, 1.54) is 0 Å². The average molecular weight is 699 g/mol. The molecule has 1 heterocycles. The number of benzene rings is 4. The molecule has 0 radical (unpaired) electrons. The summed E-state index contributed by atoms with van der Waals surface area (Å²) in [7, 11) is 1.68. The molecule has 50 heavy (non-hydrogen) atoms. The van der Waals surface area contributed by atoms with Crippen LogP contribution in [0, 0.1) is 0 Å². The number of rotatable bonds is 17. The Bertz CT molecular complexity index is 1670. The van der Waals surface area contributed by atoms with Crippen LogP contribution in [-0.2, 0) is 32.2 Å². The first-order valence-corrected chi connectivity index (χ1v) is 18.1. The number of hydrogen-bond acceptors (Lipinski definition) is 8. The fraction of sp³-hybridized carbons (Fsp3) is 0.350. The zero-order valence-corrected chi connectivity index (χ0v) is 29.2. The van der Waals surface area contributed by atoms with Crippen molar-refractivity contribution in [1.29, 1.82) is 0 Å². The molecule has 264 valence electrons. The quantitative estimate of drug-likeness (QED) is 0.0384. The molecule has 0 aromatic heterocycles. The van der Waals surface area contributed by atoms with Gasteiger partial charge in [0.2, 0.25) is 11.8 Å². The first kappa shape index (κ1) is 37.1. The molecule has 9 nitrogen and oxygen atoms in total. The van der Waals surface area contributed by atoms with E-state index in [0.717, 1.165) is 69.0 Å². The number of amides is 2. The van der Waals surface area contributed by atoms with Crippen molar-refractivity contribution >= 4 is 23.6 Å². The molecular weight excluding hydrogens is 653 g/mol. The van der Waals surface area contributed by atoms with Crippen LogP contribution in [0.25, 0.3) is 11.1 Å². The molecule has 5 rings (SSSR count). The number of carbonyl (C=O) groups is 2. The molecule has 3 unspecified atom stereocenters. The van der Waals surface area contributed by atoms with Crippen molar-refractivity contribution in [2.24, 2.45) is 0 Å². The van der Waals surface area contributed by atoms with Crippen LogP contribution in [0.1, 0.15) is 79.6 Å². The summed E-state index contributed by atoms with van der Waals surface area (Å²) < 4.78 is 18.7. The van der Waals surface area contributed by atoms with Crippen LogP contribution in [0.15, 0.2) is 102 Å². The van der Waals surface area contributed by atoms with Crippen LogP contribution in [0.5, 0.6) is 5.75 Å². The summed E-state index contributed by atoms with van der Waals surface area (Å²) >= 11 is 1.71. The molecule has 10 heteroatoms. The normalized spacial score (nSPS) is 17.2. The first-order chi connectivity index (χ1) is 24.5. The molecule has 0 bridgehead atoms. The molecule has 0 spiro atoms. The Kier molecular flexibility index (Phi) is 14.3. The van der Waals surface area contributed by atoms with Crippen LogP contribution < -0.4 is 15.5 Å². The molecule has 0 aliphatic carbocycles. The number of thioether (sulfide) groups is 1. The van der Waals surface area contributed by atoms with E-state index in [-0.39, 0.29) is 37.0 Å². The smallest absolute Gasteiger partial charge is 0.243 e. The van der Waals surface area contributed by atoms with E-state index in [1.54, 1.807) is 24.4 Å². The standard InChI is InChI=1S/C40H46N2O7S/c1-47-35-12-8-9-13-37(35)50-27-33-24-36(30-18-16-28(26-43)17-19-30)49-40(48-33)31-22-20-29(21-23-31)34-11-7-6-10-32(34)25-41-38(44)14-4-2-3-5-15-39(45)42-46/h6-13,16-23,33,36,40,43,46H,2-5,14-15,24-27H2,1H3,(H,41,44)(H,42,45). The van der Waals surface area contributed by atoms with Crippen LogP contribution in [0.4, 0.5) is 0 Å². The summed E-state index contributed by atoms with van der Waals surface area (Å²) in [6.45, 7) is 0.415. The number of nitrogens with one attached hydrogen (secondary N) is 2. The summed E-state index contributed by atoms with van der Waals surface area (Å²) in [6.07, 6.45) is 3.69. The van der Waals surface area contributed by atoms with Crippen LogP contribution in [0.2, 0.25) is 0 Å². The van der Waals surface area contributed by atoms with Crippen molar-refractivity contribution < 1.29 is 34.1 Å². The SMILES string of the molecule is COc1ccccc1SCC1CC(c2ccc(CO)cc2)OC(c2ccc(-c3ccccc3CNC(=O)CCCCCCC(=O)NO)cc2)O1. The molecule has 4 aromatic rings. The van der Waals surface area contributed by atoms with Crippen molar-refractivity contribution in [3.05, 3.63) is 119 Å². The number of para-hydroxylation sites is 1. The topological polar surface area (TPSA) is 126 Å². The largest absolute Gasteiger partial charge is 0.496 e. The first-order valence-electron chi connectivity index (χ1n) is 17.1. The lowest BCUT2D eigenvalue weighted by molar-refractivity contribution is -0.245. The molecule has 1 fully saturated rings. The van der Waals surface area contributed by atoms with Crippen molar-refractivity contribution in [2.75, 3.05) is 12.9 Å². The number of ether oxygens (including phenoxy) is 3. The maximum atomic E-state index is 12.6. The summed E-state index contributed by atoms with van der Waals surface area (Å²) in [5.74, 6) is 1.18. The minimum absolute atomic E-state index is 0.00571. The number of aliphatic hydroxyl groups excluding tert-OH is 1. The van der Waals surface area contributed by atoms with Crippen LogP contribution in [0.3, 0.4) is 0 Å². The van der Waals surface area contributed by atoms with Gasteiger partial charge in [-0.05, 0) is 52.8 Å². The predicted octanol–water partition coefficient (Wildman–Crippen LogP) is 7.65. The lowest BCUT2D eigenvalue weighted by atomic mass is 9.97. The van der Waals surface area contributed by atoms with Gasteiger partial charge in [0.1, 0.15) is 5.75 Å². The highest BCUT2D eigenvalue weighted by Gasteiger charge is 2.32. The number of unbranched alkanes of at least 4 members (excludes halogenated alkanes) is 3. The number of aliphatic hydroxyl groups is 1. The van der Waals surface area contributed by atoms with E-state index in [2.05, 4.69) is 29.6 Å². The average Bonchev–Trinajstić information content (AvgIpc) is 3.17. The third-order valence-electron chi connectivity index (χ3n) is 8.78. The molecule has 1 aliphatic heterocycles. The van der Waals surface area contributed by atoms with E-state index in [0.29, 0.717) is 25.8 Å². The Morgan fingerprint density at radius 1 is 0.820 bits per heavy atom. The Labute approximate surface area is 298 Å². The molecule has 4 aromatic carbocycles. The highest BCUT2D eigenvalue weighted by molar-refractivity contribution is 7.99. The Hall–Kier alpha value is -4.19. The van der Waals surface area contributed by atoms with Gasteiger partial charge in [0, 0.05) is 42.0 Å². The Morgan fingerprint density at radius 2 is 1.50 bits per heavy atom. The summed E-state index contributed by atoms with van der Waals surface area (Å²) in [6, 6.07) is 32.2. The highest BCUT2D eigenvalue weighted by atomic mass is 32.2. The minimum atomic E-state index is -0.565. The fourth-order valence-corrected chi connectivity index (χ4v) is 7.03. The van der Waals surface area contributed by atoms with Gasteiger partial charge in [-0.15, -0.1) is 11.8 Å². The van der Waals surface area contributed by atoms with E-state index < -0.39 is 6.29 Å². The van der Waals surface area contributed by atoms with E-state index in [1.807, 2.05) is 72.8 Å². The second-order valence-electron chi connectivity index (χ2n) is 12.3. The zero-order valence-electron chi connectivity index (χ0n) is 28.4. The predicted molar refractivity (Wildman–Crippen MR) is 193 cm³/mol. The molecule has 1 saturated heterocycles. The van der Waals surface area contributed by atoms with Crippen molar-refractivity contribution in [3.63, 3.8) is 0 Å². The summed E-state index contributed by atoms with van der Waals surface area (Å²) in [5.41, 5.74) is 7.55. The van der Waals surface area contributed by atoms with Gasteiger partial charge in [-0.3, -0.25) is 14.8 Å². The Morgan fingerprint density at radius 3 is 2.22 bits per heavy atom. The van der Waals surface area contributed by atoms with Gasteiger partial charge < -0.3 is 24.6 Å². The van der Waals surface area contributed by atoms with Crippen LogP contribution >= 0.6 is 11.8 Å². The third-order valence-corrected chi connectivity index (χ3v) is 9.97. The van der Waals surface area contributed by atoms with Crippen molar-refractivity contribution in [2.45, 2.75) is 81.5 Å². The molecule has 2 amide bonds. The van der Waals surface area contributed by atoms with Gasteiger partial charge in [-0.25, -0.2) is 5.48 Å². The second-order valence-corrected chi connectivity index (χ2v) is 13.4. The lowest BCUT2D eigenvalue weighted by Gasteiger charge is -2.36. The molecule has 1 aliphatic rings. The maximum Gasteiger partial charge on any atom is 0.243 e. The summed E-state index contributed by atoms with van der Waals surface area (Å²) in [5, 5.41) is 21.2. The van der Waals surface area contributed by atoms with Gasteiger partial charge in [-0.1, -0.05) is 97.8 Å². The number of hydroxylamine groups is 1. The van der Waals surface area contributed by atoms with E-state index in [9.17, 15) is 14.7 Å². The Balaban J connectivity index is 1.23. The fourth-order valence-electron chi connectivity index (χ4n) is 5.98. The van der Waals surface area contributed by atoms with Crippen molar-refractivity contribution in [1.82, 2.24) is 10.8 Å². The van der Waals surface area contributed by atoms with E-state index >= 15 is 0 Å². The highest BCUT2D eigenvalue weighted by Crippen LogP contribution is 2.41. The van der Waals surface area contributed by atoms with Gasteiger partial charge in [-0.2, -0.15) is 0 Å². The third kappa shape index (κ3) is 10.7. The molecule has 3 atom stereocenters. The maximum absolute atomic E-state index is 12.6. The number of methoxy groups -OCH3 is 1. The molecule has 4 N–H and O–H groups in total. The molecular formula is C40H46N2O7S.